The Morgan fingerprint density at radius 3 is 2.40 bits per heavy atom. The maximum atomic E-state index is 12.4. The van der Waals surface area contributed by atoms with Gasteiger partial charge in [0.1, 0.15) is 11.5 Å². The molecule has 1 amide bonds. The molecule has 0 radical (unpaired) electrons. The van der Waals surface area contributed by atoms with E-state index < -0.39 is 0 Å². The number of rotatable bonds is 1. The molecule has 1 heterocycles. The number of carbonyl (C=O) groups is 1. The van der Waals surface area contributed by atoms with Crippen molar-refractivity contribution in [1.29, 1.82) is 0 Å². The number of fused-ring (bicyclic) bond motifs is 1. The lowest BCUT2D eigenvalue weighted by Crippen LogP contribution is -2.35. The smallest absolute Gasteiger partial charge is 0.254 e. The lowest BCUT2D eigenvalue weighted by Gasteiger charge is -2.29. The molecule has 1 aliphatic heterocycles. The highest BCUT2D eigenvalue weighted by atomic mass is 16.3. The number of nitrogens with zero attached hydrogens (tertiary/aromatic N) is 1. The minimum absolute atomic E-state index is 0.0382. The molecule has 0 bridgehead atoms. The van der Waals surface area contributed by atoms with Gasteiger partial charge in [0.05, 0.1) is 0 Å². The lowest BCUT2D eigenvalue weighted by molar-refractivity contribution is 0.0734. The fraction of sp³-hybridized carbons (Fsp3) is 0.188. The van der Waals surface area contributed by atoms with Crippen LogP contribution in [0.3, 0.4) is 0 Å². The summed E-state index contributed by atoms with van der Waals surface area (Å²) in [6, 6.07) is 11.6. The Balaban J connectivity index is 1.81. The van der Waals surface area contributed by atoms with E-state index in [2.05, 4.69) is 0 Å². The molecule has 3 rings (SSSR count). The topological polar surface area (TPSA) is 60.8 Å². The summed E-state index contributed by atoms with van der Waals surface area (Å²) in [5.41, 5.74) is 2.74. The van der Waals surface area contributed by atoms with Crippen LogP contribution in [0.25, 0.3) is 0 Å². The standard InChI is InChI=1S/C16H15NO3/c18-14-4-1-11(2-5-14)16(20)17-8-7-12-9-15(19)6-3-13(12)10-17/h1-6,9,18-19H,7-8,10H2. The SMILES string of the molecule is O=C(c1ccc(O)cc1)N1CCc2cc(O)ccc2C1. The van der Waals surface area contributed by atoms with Gasteiger partial charge in [-0.2, -0.15) is 0 Å². The fourth-order valence-corrected chi connectivity index (χ4v) is 2.50. The second-order valence-corrected chi connectivity index (χ2v) is 4.98. The maximum absolute atomic E-state index is 12.4. The van der Waals surface area contributed by atoms with Crippen molar-refractivity contribution in [3.8, 4) is 11.5 Å². The van der Waals surface area contributed by atoms with Crippen LogP contribution >= 0.6 is 0 Å². The van der Waals surface area contributed by atoms with Crippen LogP contribution in [0.5, 0.6) is 11.5 Å². The number of hydrogen-bond donors (Lipinski definition) is 2. The molecule has 102 valence electrons. The van der Waals surface area contributed by atoms with E-state index in [-0.39, 0.29) is 17.4 Å². The molecule has 1 aliphatic rings. The van der Waals surface area contributed by atoms with Gasteiger partial charge in [-0.3, -0.25) is 4.79 Å². The molecule has 2 N–H and O–H groups in total. The molecule has 0 saturated heterocycles. The van der Waals surface area contributed by atoms with Gasteiger partial charge in [-0.25, -0.2) is 0 Å². The first-order chi connectivity index (χ1) is 9.63. The largest absolute Gasteiger partial charge is 0.508 e. The van der Waals surface area contributed by atoms with Crippen LogP contribution in [0, 0.1) is 0 Å². The number of phenols is 2. The van der Waals surface area contributed by atoms with E-state index in [1.54, 1.807) is 29.2 Å². The number of amides is 1. The zero-order chi connectivity index (χ0) is 14.1. The second kappa shape index (κ2) is 4.89. The van der Waals surface area contributed by atoms with Gasteiger partial charge in [0.25, 0.3) is 5.91 Å². The molecule has 0 aromatic heterocycles. The summed E-state index contributed by atoms with van der Waals surface area (Å²) in [6.07, 6.45) is 0.744. The van der Waals surface area contributed by atoms with E-state index in [0.717, 1.165) is 17.5 Å². The molecule has 20 heavy (non-hydrogen) atoms. The molecule has 0 saturated carbocycles. The van der Waals surface area contributed by atoms with Gasteiger partial charge < -0.3 is 15.1 Å². The minimum Gasteiger partial charge on any atom is -0.508 e. The van der Waals surface area contributed by atoms with Crippen LogP contribution < -0.4 is 0 Å². The molecule has 0 atom stereocenters. The Labute approximate surface area is 116 Å². The highest BCUT2D eigenvalue weighted by molar-refractivity contribution is 5.94. The Bertz CT molecular complexity index is 649. The zero-order valence-electron chi connectivity index (χ0n) is 10.9. The molecule has 0 unspecified atom stereocenters. The van der Waals surface area contributed by atoms with Crippen LogP contribution in [0.1, 0.15) is 21.5 Å². The molecular weight excluding hydrogens is 254 g/mol. The van der Waals surface area contributed by atoms with Crippen LogP contribution in [0.4, 0.5) is 0 Å². The van der Waals surface area contributed by atoms with E-state index in [1.807, 2.05) is 6.07 Å². The highest BCUT2D eigenvalue weighted by Crippen LogP contribution is 2.24. The number of hydrogen-bond acceptors (Lipinski definition) is 3. The molecule has 0 spiro atoms. The fourth-order valence-electron chi connectivity index (χ4n) is 2.50. The van der Waals surface area contributed by atoms with Crippen molar-refractivity contribution in [1.82, 2.24) is 4.90 Å². The van der Waals surface area contributed by atoms with Crippen molar-refractivity contribution in [2.45, 2.75) is 13.0 Å². The molecule has 0 aliphatic carbocycles. The first kappa shape index (κ1) is 12.5. The van der Waals surface area contributed by atoms with E-state index in [1.165, 1.54) is 12.1 Å². The van der Waals surface area contributed by atoms with E-state index in [9.17, 15) is 15.0 Å². The Kier molecular flexibility index (Phi) is 3.06. The van der Waals surface area contributed by atoms with Gasteiger partial charge in [0.2, 0.25) is 0 Å². The van der Waals surface area contributed by atoms with Crippen LogP contribution in [-0.2, 0) is 13.0 Å². The first-order valence-corrected chi connectivity index (χ1v) is 6.52. The van der Waals surface area contributed by atoms with Crippen LogP contribution in [0.15, 0.2) is 42.5 Å². The summed E-state index contributed by atoms with van der Waals surface area (Å²) in [5.74, 6) is 0.381. The van der Waals surface area contributed by atoms with Gasteiger partial charge in [-0.05, 0) is 53.9 Å². The quantitative estimate of drug-likeness (QED) is 0.835. The third-order valence-electron chi connectivity index (χ3n) is 3.60. The number of carbonyl (C=O) groups excluding carboxylic acids is 1. The number of benzene rings is 2. The number of phenolic OH excluding ortho intramolecular Hbond substituents is 2. The third-order valence-corrected chi connectivity index (χ3v) is 3.60. The van der Waals surface area contributed by atoms with Crippen LogP contribution in [0.2, 0.25) is 0 Å². The van der Waals surface area contributed by atoms with Crippen LogP contribution in [-0.4, -0.2) is 27.6 Å². The van der Waals surface area contributed by atoms with Crippen molar-refractivity contribution < 1.29 is 15.0 Å². The normalized spacial score (nSPS) is 13.9. The van der Waals surface area contributed by atoms with Crippen molar-refractivity contribution in [2.24, 2.45) is 0 Å². The summed E-state index contributed by atoms with van der Waals surface area (Å²) >= 11 is 0. The van der Waals surface area contributed by atoms with Crippen molar-refractivity contribution in [2.75, 3.05) is 6.54 Å². The molecule has 2 aromatic carbocycles. The van der Waals surface area contributed by atoms with Gasteiger partial charge in [-0.1, -0.05) is 6.07 Å². The van der Waals surface area contributed by atoms with Crippen molar-refractivity contribution in [3.05, 3.63) is 59.2 Å². The average molecular weight is 269 g/mol. The van der Waals surface area contributed by atoms with Gasteiger partial charge >= 0.3 is 0 Å². The molecule has 4 nitrogen and oxygen atoms in total. The van der Waals surface area contributed by atoms with E-state index in [0.29, 0.717) is 18.7 Å². The summed E-state index contributed by atoms with van der Waals surface area (Å²) in [5, 5.41) is 18.7. The summed E-state index contributed by atoms with van der Waals surface area (Å²) in [4.78, 5) is 14.2. The molecule has 0 fully saturated rings. The highest BCUT2D eigenvalue weighted by Gasteiger charge is 2.21. The Morgan fingerprint density at radius 2 is 1.65 bits per heavy atom. The first-order valence-electron chi connectivity index (χ1n) is 6.52. The van der Waals surface area contributed by atoms with E-state index in [4.69, 9.17) is 0 Å². The predicted octanol–water partition coefficient (Wildman–Crippen LogP) is 2.30. The van der Waals surface area contributed by atoms with Crippen molar-refractivity contribution in [3.63, 3.8) is 0 Å². The Hall–Kier alpha value is -2.49. The summed E-state index contributed by atoms with van der Waals surface area (Å²) < 4.78 is 0. The molecule has 4 heteroatoms. The maximum Gasteiger partial charge on any atom is 0.254 e. The van der Waals surface area contributed by atoms with Gasteiger partial charge in [0, 0.05) is 18.7 Å². The minimum atomic E-state index is -0.0382. The lowest BCUT2D eigenvalue weighted by atomic mass is 9.99. The Morgan fingerprint density at radius 1 is 0.950 bits per heavy atom. The van der Waals surface area contributed by atoms with Gasteiger partial charge in [0.15, 0.2) is 0 Å². The average Bonchev–Trinajstić information content (AvgIpc) is 2.47. The second-order valence-electron chi connectivity index (χ2n) is 4.98. The van der Waals surface area contributed by atoms with Gasteiger partial charge in [-0.15, -0.1) is 0 Å². The summed E-state index contributed by atoms with van der Waals surface area (Å²) in [6.45, 7) is 1.19. The van der Waals surface area contributed by atoms with Crippen molar-refractivity contribution >= 4 is 5.91 Å². The monoisotopic (exact) mass is 269 g/mol. The zero-order valence-corrected chi connectivity index (χ0v) is 10.9. The summed E-state index contributed by atoms with van der Waals surface area (Å²) in [7, 11) is 0. The predicted molar refractivity (Wildman–Crippen MR) is 74.7 cm³/mol. The third kappa shape index (κ3) is 2.32. The molecule has 2 aromatic rings. The van der Waals surface area contributed by atoms with E-state index >= 15 is 0 Å². The number of aromatic hydroxyl groups is 2. The molecular formula is C16H15NO3.